The fraction of sp³-hybridized carbons (Fsp3) is 0.154. The molecule has 1 unspecified atom stereocenters. The van der Waals surface area contributed by atoms with Gasteiger partial charge in [0.05, 0.1) is 6.04 Å². The van der Waals surface area contributed by atoms with Gasteiger partial charge in [-0.3, -0.25) is 16.3 Å². The normalized spacial score (nSPS) is 12.4. The third-order valence-electron chi connectivity index (χ3n) is 2.67. The minimum Gasteiger partial charge on any atom is -0.271 e. The number of aromatic nitrogens is 1. The number of rotatable bonds is 4. The number of hydrazine groups is 1. The Kier molecular flexibility index (Phi) is 4.72. The molecule has 0 aliphatic carbocycles. The molecule has 0 aliphatic heterocycles. The van der Waals surface area contributed by atoms with Crippen molar-refractivity contribution in [3.05, 3.63) is 63.3 Å². The first-order valence-electron chi connectivity index (χ1n) is 5.50. The van der Waals surface area contributed by atoms with Crippen molar-refractivity contribution in [1.82, 2.24) is 10.4 Å². The van der Waals surface area contributed by atoms with Gasteiger partial charge < -0.3 is 0 Å². The van der Waals surface area contributed by atoms with Crippen LogP contribution in [0.1, 0.15) is 17.2 Å². The summed E-state index contributed by atoms with van der Waals surface area (Å²) in [5.74, 6) is 5.61. The molecule has 1 aromatic heterocycles. The van der Waals surface area contributed by atoms with Gasteiger partial charge >= 0.3 is 0 Å². The van der Waals surface area contributed by atoms with Crippen LogP contribution >= 0.6 is 27.5 Å². The maximum Gasteiger partial charge on any atom is 0.0500 e. The van der Waals surface area contributed by atoms with Crippen molar-refractivity contribution in [2.24, 2.45) is 5.84 Å². The monoisotopic (exact) mass is 325 g/mol. The largest absolute Gasteiger partial charge is 0.271 e. The number of hydrogen-bond acceptors (Lipinski definition) is 3. The maximum absolute atomic E-state index is 5.87. The minimum absolute atomic E-state index is 0.0402. The Morgan fingerprint density at radius 1 is 1.28 bits per heavy atom. The average Bonchev–Trinajstić information content (AvgIpc) is 2.37. The SMILES string of the molecule is NNC(Cc1cncc(Br)c1)c1ccc(Cl)cc1. The van der Waals surface area contributed by atoms with Crippen molar-refractivity contribution in [3.63, 3.8) is 0 Å². The van der Waals surface area contributed by atoms with E-state index in [2.05, 4.69) is 26.3 Å². The van der Waals surface area contributed by atoms with Gasteiger partial charge in [-0.25, -0.2) is 0 Å². The van der Waals surface area contributed by atoms with Crippen LogP contribution in [-0.4, -0.2) is 4.98 Å². The van der Waals surface area contributed by atoms with Gasteiger partial charge in [-0.05, 0) is 51.7 Å². The highest BCUT2D eigenvalue weighted by molar-refractivity contribution is 9.10. The molecule has 0 spiro atoms. The second-order valence-electron chi connectivity index (χ2n) is 3.99. The Bertz CT molecular complexity index is 516. The van der Waals surface area contributed by atoms with Gasteiger partial charge in [0.15, 0.2) is 0 Å². The minimum atomic E-state index is 0.0402. The molecule has 1 heterocycles. The molecule has 0 aliphatic rings. The van der Waals surface area contributed by atoms with E-state index >= 15 is 0 Å². The first-order valence-corrected chi connectivity index (χ1v) is 6.67. The van der Waals surface area contributed by atoms with Crippen molar-refractivity contribution in [3.8, 4) is 0 Å². The van der Waals surface area contributed by atoms with Crippen molar-refractivity contribution >= 4 is 27.5 Å². The van der Waals surface area contributed by atoms with Crippen molar-refractivity contribution < 1.29 is 0 Å². The zero-order chi connectivity index (χ0) is 13.0. The van der Waals surface area contributed by atoms with Crippen molar-refractivity contribution in [2.75, 3.05) is 0 Å². The van der Waals surface area contributed by atoms with Crippen LogP contribution in [0.3, 0.4) is 0 Å². The van der Waals surface area contributed by atoms with Gasteiger partial charge in [-0.1, -0.05) is 23.7 Å². The number of hydrogen-bond donors (Lipinski definition) is 2. The predicted molar refractivity (Wildman–Crippen MR) is 77.2 cm³/mol. The molecule has 5 heteroatoms. The Morgan fingerprint density at radius 3 is 2.61 bits per heavy atom. The third-order valence-corrected chi connectivity index (χ3v) is 3.36. The smallest absolute Gasteiger partial charge is 0.0500 e. The molecule has 0 amide bonds. The molecule has 3 N–H and O–H groups in total. The van der Waals surface area contributed by atoms with Crippen LogP contribution < -0.4 is 11.3 Å². The van der Waals surface area contributed by atoms with Gasteiger partial charge in [-0.15, -0.1) is 0 Å². The number of halogens is 2. The lowest BCUT2D eigenvalue weighted by Crippen LogP contribution is -2.29. The number of nitrogens with two attached hydrogens (primary N) is 1. The zero-order valence-electron chi connectivity index (χ0n) is 9.61. The molecular formula is C13H13BrClN3. The van der Waals surface area contributed by atoms with Crippen molar-refractivity contribution in [2.45, 2.75) is 12.5 Å². The molecule has 0 radical (unpaired) electrons. The highest BCUT2D eigenvalue weighted by atomic mass is 79.9. The summed E-state index contributed by atoms with van der Waals surface area (Å²) in [5.41, 5.74) is 5.03. The third kappa shape index (κ3) is 3.53. The molecule has 0 saturated carbocycles. The van der Waals surface area contributed by atoms with Crippen LogP contribution in [0.25, 0.3) is 0 Å². The summed E-state index contributed by atoms with van der Waals surface area (Å²) in [6, 6.07) is 9.74. The molecule has 2 aromatic rings. The van der Waals surface area contributed by atoms with E-state index in [1.807, 2.05) is 36.5 Å². The summed E-state index contributed by atoms with van der Waals surface area (Å²) >= 11 is 9.28. The van der Waals surface area contributed by atoms with Crippen LogP contribution in [0.4, 0.5) is 0 Å². The van der Waals surface area contributed by atoms with Gasteiger partial charge in [0.2, 0.25) is 0 Å². The van der Waals surface area contributed by atoms with E-state index in [9.17, 15) is 0 Å². The fourth-order valence-corrected chi connectivity index (χ4v) is 2.31. The molecular weight excluding hydrogens is 314 g/mol. The number of nitrogens with one attached hydrogen (secondary N) is 1. The Hall–Kier alpha value is -0.940. The van der Waals surface area contributed by atoms with E-state index in [4.69, 9.17) is 17.4 Å². The van der Waals surface area contributed by atoms with E-state index < -0.39 is 0 Å². The van der Waals surface area contributed by atoms with Gasteiger partial charge in [-0.2, -0.15) is 0 Å². The van der Waals surface area contributed by atoms with E-state index in [0.29, 0.717) is 0 Å². The number of nitrogens with zero attached hydrogens (tertiary/aromatic N) is 1. The summed E-state index contributed by atoms with van der Waals surface area (Å²) < 4.78 is 0.965. The molecule has 1 aromatic carbocycles. The summed E-state index contributed by atoms with van der Waals surface area (Å²) in [7, 11) is 0. The molecule has 3 nitrogen and oxygen atoms in total. The Balaban J connectivity index is 2.17. The lowest BCUT2D eigenvalue weighted by molar-refractivity contribution is 0.551. The second kappa shape index (κ2) is 6.29. The molecule has 0 saturated heterocycles. The molecule has 1 atom stereocenters. The summed E-state index contributed by atoms with van der Waals surface area (Å²) in [5, 5.41) is 0.721. The Morgan fingerprint density at radius 2 is 2.00 bits per heavy atom. The quantitative estimate of drug-likeness (QED) is 0.670. The Labute approximate surface area is 119 Å². The summed E-state index contributed by atoms with van der Waals surface area (Å²) in [6.45, 7) is 0. The van der Waals surface area contributed by atoms with Crippen molar-refractivity contribution in [1.29, 1.82) is 0 Å². The maximum atomic E-state index is 5.87. The van der Waals surface area contributed by atoms with Crippen LogP contribution in [-0.2, 0) is 6.42 Å². The average molecular weight is 327 g/mol. The predicted octanol–water partition coefficient (Wildman–Crippen LogP) is 3.24. The molecule has 0 bridgehead atoms. The molecule has 2 rings (SSSR count). The van der Waals surface area contributed by atoms with Gasteiger partial charge in [0, 0.05) is 21.9 Å². The van der Waals surface area contributed by atoms with E-state index in [-0.39, 0.29) is 6.04 Å². The van der Waals surface area contributed by atoms with Crippen LogP contribution in [0.2, 0.25) is 5.02 Å². The first kappa shape index (κ1) is 13.5. The zero-order valence-corrected chi connectivity index (χ0v) is 11.9. The fourth-order valence-electron chi connectivity index (χ4n) is 1.77. The molecule has 94 valence electrons. The molecule has 0 fully saturated rings. The highest BCUT2D eigenvalue weighted by Gasteiger charge is 2.10. The van der Waals surface area contributed by atoms with Crippen LogP contribution in [0, 0.1) is 0 Å². The van der Waals surface area contributed by atoms with Crippen LogP contribution in [0.5, 0.6) is 0 Å². The van der Waals surface area contributed by atoms with E-state index in [1.165, 1.54) is 0 Å². The number of pyridine rings is 1. The lowest BCUT2D eigenvalue weighted by Gasteiger charge is -2.16. The summed E-state index contributed by atoms with van der Waals surface area (Å²) in [6.07, 6.45) is 4.37. The standard InChI is InChI=1S/C13H13BrClN3/c14-11-5-9(7-17-8-11)6-13(18-16)10-1-3-12(15)4-2-10/h1-5,7-8,13,18H,6,16H2. The number of benzene rings is 1. The second-order valence-corrected chi connectivity index (χ2v) is 5.34. The topological polar surface area (TPSA) is 50.9 Å². The van der Waals surface area contributed by atoms with Crippen LogP contribution in [0.15, 0.2) is 47.2 Å². The van der Waals surface area contributed by atoms with Gasteiger partial charge in [0.1, 0.15) is 0 Å². The first-order chi connectivity index (χ1) is 8.69. The highest BCUT2D eigenvalue weighted by Crippen LogP contribution is 2.21. The van der Waals surface area contributed by atoms with E-state index in [0.717, 1.165) is 27.0 Å². The summed E-state index contributed by atoms with van der Waals surface area (Å²) in [4.78, 5) is 4.14. The van der Waals surface area contributed by atoms with Gasteiger partial charge in [0.25, 0.3) is 0 Å². The molecule has 18 heavy (non-hydrogen) atoms. The van der Waals surface area contributed by atoms with E-state index in [1.54, 1.807) is 6.20 Å². The lowest BCUT2D eigenvalue weighted by atomic mass is 10.0.